The van der Waals surface area contributed by atoms with Gasteiger partial charge in [-0.2, -0.15) is 0 Å². The molecule has 0 heterocycles. The van der Waals surface area contributed by atoms with E-state index in [-0.39, 0.29) is 0 Å². The summed E-state index contributed by atoms with van der Waals surface area (Å²) in [6.07, 6.45) is -0.498. The monoisotopic (exact) mass is 336 g/mol. The average molecular weight is 337 g/mol. The fraction of sp³-hybridized carbons (Fsp3) is 0.250. The molecule has 0 amide bonds. The Morgan fingerprint density at radius 2 is 1.90 bits per heavy atom. The molecule has 0 aliphatic carbocycles. The fourth-order valence-electron chi connectivity index (χ4n) is 1.78. The Balaban J connectivity index is 2.19. The highest BCUT2D eigenvalue weighted by molar-refractivity contribution is 9.10. The molecule has 1 atom stereocenters. The summed E-state index contributed by atoms with van der Waals surface area (Å²) in [5.41, 5.74) is 0.840. The molecule has 2 aromatic rings. The maximum Gasteiger partial charge on any atom is 0.141 e. The normalized spacial score (nSPS) is 12.0. The van der Waals surface area contributed by atoms with Crippen LogP contribution in [0.15, 0.2) is 46.9 Å². The minimum Gasteiger partial charge on any atom is -0.494 e. The molecular formula is C16H17BrO3. The van der Waals surface area contributed by atoms with E-state index in [1.54, 1.807) is 6.92 Å². The van der Waals surface area contributed by atoms with E-state index >= 15 is 0 Å². The minimum atomic E-state index is -0.498. The van der Waals surface area contributed by atoms with Crippen LogP contribution in [0.1, 0.15) is 25.5 Å². The maximum absolute atomic E-state index is 9.55. The molecule has 106 valence electrons. The molecule has 2 rings (SSSR count). The summed E-state index contributed by atoms with van der Waals surface area (Å²) >= 11 is 3.45. The van der Waals surface area contributed by atoms with Gasteiger partial charge in [0.25, 0.3) is 0 Å². The quantitative estimate of drug-likeness (QED) is 0.860. The molecule has 0 fully saturated rings. The third kappa shape index (κ3) is 3.74. The van der Waals surface area contributed by atoms with Crippen LogP contribution in [0.4, 0.5) is 0 Å². The summed E-state index contributed by atoms with van der Waals surface area (Å²) in [7, 11) is 0. The van der Waals surface area contributed by atoms with Gasteiger partial charge in [-0.1, -0.05) is 12.1 Å². The van der Waals surface area contributed by atoms with Crippen LogP contribution in [0.2, 0.25) is 0 Å². The number of halogens is 1. The average Bonchev–Trinajstić information content (AvgIpc) is 2.42. The van der Waals surface area contributed by atoms with Crippen LogP contribution in [0.3, 0.4) is 0 Å². The predicted molar refractivity (Wildman–Crippen MR) is 82.5 cm³/mol. The first-order valence-electron chi connectivity index (χ1n) is 6.48. The van der Waals surface area contributed by atoms with Crippen LogP contribution in [-0.4, -0.2) is 11.7 Å². The van der Waals surface area contributed by atoms with Crippen LogP contribution in [-0.2, 0) is 0 Å². The third-order valence-electron chi connectivity index (χ3n) is 2.78. The van der Waals surface area contributed by atoms with Crippen LogP contribution in [0.5, 0.6) is 17.2 Å². The van der Waals surface area contributed by atoms with E-state index in [1.807, 2.05) is 49.4 Å². The summed E-state index contributed by atoms with van der Waals surface area (Å²) in [4.78, 5) is 0. The Labute approximate surface area is 127 Å². The summed E-state index contributed by atoms with van der Waals surface area (Å²) in [6, 6.07) is 13.0. The molecule has 0 saturated carbocycles. The van der Waals surface area contributed by atoms with Crippen molar-refractivity contribution in [2.45, 2.75) is 20.0 Å². The van der Waals surface area contributed by atoms with Crippen molar-refractivity contribution in [3.8, 4) is 17.2 Å². The van der Waals surface area contributed by atoms with Gasteiger partial charge in [-0.15, -0.1) is 0 Å². The highest BCUT2D eigenvalue weighted by Gasteiger charge is 2.07. The molecule has 20 heavy (non-hydrogen) atoms. The Morgan fingerprint density at radius 1 is 1.15 bits per heavy atom. The molecule has 0 aromatic heterocycles. The van der Waals surface area contributed by atoms with Gasteiger partial charge in [-0.25, -0.2) is 0 Å². The summed E-state index contributed by atoms with van der Waals surface area (Å²) < 4.78 is 12.1. The van der Waals surface area contributed by atoms with Crippen molar-refractivity contribution >= 4 is 15.9 Å². The molecule has 3 nitrogen and oxygen atoms in total. The zero-order valence-corrected chi connectivity index (χ0v) is 13.1. The van der Waals surface area contributed by atoms with E-state index in [1.165, 1.54) is 0 Å². The second-order valence-electron chi connectivity index (χ2n) is 4.38. The first-order valence-corrected chi connectivity index (χ1v) is 7.27. The smallest absolute Gasteiger partial charge is 0.141 e. The maximum atomic E-state index is 9.55. The molecular weight excluding hydrogens is 320 g/mol. The predicted octanol–water partition coefficient (Wildman–Crippen LogP) is 4.69. The molecule has 1 N–H and O–H groups in total. The topological polar surface area (TPSA) is 38.7 Å². The summed E-state index contributed by atoms with van der Waals surface area (Å²) in [6.45, 7) is 4.29. The first kappa shape index (κ1) is 14.9. The molecule has 0 bridgehead atoms. The van der Waals surface area contributed by atoms with E-state index in [9.17, 15) is 5.11 Å². The van der Waals surface area contributed by atoms with Gasteiger partial charge in [0.05, 0.1) is 17.2 Å². The zero-order valence-electron chi connectivity index (χ0n) is 11.5. The van der Waals surface area contributed by atoms with Crippen molar-refractivity contribution in [2.75, 3.05) is 6.61 Å². The number of benzene rings is 2. The van der Waals surface area contributed by atoms with Crippen LogP contribution in [0.25, 0.3) is 0 Å². The molecule has 4 heteroatoms. The van der Waals surface area contributed by atoms with Gasteiger partial charge in [-0.05, 0) is 59.6 Å². The van der Waals surface area contributed by atoms with Crippen LogP contribution >= 0.6 is 15.9 Å². The van der Waals surface area contributed by atoms with Crippen LogP contribution in [0, 0.1) is 0 Å². The minimum absolute atomic E-state index is 0.498. The van der Waals surface area contributed by atoms with Crippen molar-refractivity contribution in [3.63, 3.8) is 0 Å². The SMILES string of the molecule is CCOc1cccc(Oc2ccc(C(C)O)cc2Br)c1. The van der Waals surface area contributed by atoms with E-state index < -0.39 is 6.10 Å². The number of aliphatic hydroxyl groups excluding tert-OH is 1. The highest BCUT2D eigenvalue weighted by Crippen LogP contribution is 2.33. The van der Waals surface area contributed by atoms with Gasteiger partial charge in [0, 0.05) is 6.07 Å². The van der Waals surface area contributed by atoms with Gasteiger partial charge in [0.1, 0.15) is 17.2 Å². The lowest BCUT2D eigenvalue weighted by Crippen LogP contribution is -1.93. The second kappa shape index (κ2) is 6.77. The number of hydrogen-bond donors (Lipinski definition) is 1. The van der Waals surface area contributed by atoms with Gasteiger partial charge in [0.2, 0.25) is 0 Å². The Bertz CT molecular complexity index is 582. The summed E-state index contributed by atoms with van der Waals surface area (Å²) in [5, 5.41) is 9.55. The fourth-order valence-corrected chi connectivity index (χ4v) is 2.26. The first-order chi connectivity index (χ1) is 9.60. The Hall–Kier alpha value is -1.52. The molecule has 0 spiro atoms. The van der Waals surface area contributed by atoms with Gasteiger partial charge in [-0.3, -0.25) is 0 Å². The van der Waals surface area contributed by atoms with E-state index in [0.29, 0.717) is 18.1 Å². The van der Waals surface area contributed by atoms with Gasteiger partial charge >= 0.3 is 0 Å². The van der Waals surface area contributed by atoms with E-state index in [4.69, 9.17) is 9.47 Å². The molecule has 0 aliphatic heterocycles. The number of rotatable bonds is 5. The lowest BCUT2D eigenvalue weighted by atomic mass is 10.1. The van der Waals surface area contributed by atoms with Crippen molar-refractivity contribution in [1.82, 2.24) is 0 Å². The molecule has 0 radical (unpaired) electrons. The largest absolute Gasteiger partial charge is 0.494 e. The number of aliphatic hydroxyl groups is 1. The standard InChI is InChI=1S/C16H17BrO3/c1-3-19-13-5-4-6-14(10-13)20-16-8-7-12(11(2)18)9-15(16)17/h4-11,18H,3H2,1-2H3. The third-order valence-corrected chi connectivity index (χ3v) is 3.40. The van der Waals surface area contributed by atoms with Crippen molar-refractivity contribution in [2.24, 2.45) is 0 Å². The van der Waals surface area contributed by atoms with Crippen LogP contribution < -0.4 is 9.47 Å². The van der Waals surface area contributed by atoms with Crippen molar-refractivity contribution in [3.05, 3.63) is 52.5 Å². The second-order valence-corrected chi connectivity index (χ2v) is 5.23. The molecule has 1 unspecified atom stereocenters. The molecule has 2 aromatic carbocycles. The van der Waals surface area contributed by atoms with Gasteiger partial charge < -0.3 is 14.6 Å². The highest BCUT2D eigenvalue weighted by atomic mass is 79.9. The number of ether oxygens (including phenoxy) is 2. The van der Waals surface area contributed by atoms with Crippen molar-refractivity contribution in [1.29, 1.82) is 0 Å². The van der Waals surface area contributed by atoms with Gasteiger partial charge in [0.15, 0.2) is 0 Å². The molecule has 0 saturated heterocycles. The Morgan fingerprint density at radius 3 is 2.55 bits per heavy atom. The molecule has 0 aliphatic rings. The summed E-state index contributed by atoms with van der Waals surface area (Å²) in [5.74, 6) is 2.19. The van der Waals surface area contributed by atoms with E-state index in [0.717, 1.165) is 15.8 Å². The lowest BCUT2D eigenvalue weighted by molar-refractivity contribution is 0.199. The number of hydrogen-bond acceptors (Lipinski definition) is 3. The van der Waals surface area contributed by atoms with Crippen molar-refractivity contribution < 1.29 is 14.6 Å². The Kier molecular flexibility index (Phi) is 5.04. The zero-order chi connectivity index (χ0) is 14.5. The van der Waals surface area contributed by atoms with E-state index in [2.05, 4.69) is 15.9 Å². The lowest BCUT2D eigenvalue weighted by Gasteiger charge is -2.11.